The third-order valence-corrected chi connectivity index (χ3v) is 4.95. The third-order valence-electron chi connectivity index (χ3n) is 3.90. The summed E-state index contributed by atoms with van der Waals surface area (Å²) in [5, 5.41) is 0. The van der Waals surface area contributed by atoms with E-state index in [0.717, 1.165) is 19.3 Å². The van der Waals surface area contributed by atoms with Crippen molar-refractivity contribution in [3.05, 3.63) is 0 Å². The Bertz CT molecular complexity index is 477. The van der Waals surface area contributed by atoms with Crippen molar-refractivity contribution in [1.29, 1.82) is 0 Å². The van der Waals surface area contributed by atoms with Gasteiger partial charge in [-0.2, -0.15) is 21.6 Å². The van der Waals surface area contributed by atoms with Gasteiger partial charge in [-0.1, -0.05) is 71.1 Å². The summed E-state index contributed by atoms with van der Waals surface area (Å²) in [7, 11) is -5.82. The molecule has 0 bridgehead atoms. The van der Waals surface area contributed by atoms with Gasteiger partial charge in [0.2, 0.25) is 0 Å². The number of halogens is 3. The maximum atomic E-state index is 12.4. The summed E-state index contributed by atoms with van der Waals surface area (Å²) in [6, 6.07) is 0. The Balaban J connectivity index is 4.20. The summed E-state index contributed by atoms with van der Waals surface area (Å²) in [5.74, 6) is -1.09. The van der Waals surface area contributed by atoms with E-state index in [2.05, 4.69) is 15.8 Å². The number of ether oxygens (including phenoxy) is 1. The molecule has 5 nitrogen and oxygen atoms in total. The molecule has 0 radical (unpaired) electrons. The van der Waals surface area contributed by atoms with E-state index in [1.54, 1.807) is 0 Å². The Morgan fingerprint density at radius 1 is 0.885 bits per heavy atom. The number of esters is 1. The highest BCUT2D eigenvalue weighted by Gasteiger charge is 2.49. The third kappa shape index (κ3) is 11.0. The summed E-state index contributed by atoms with van der Waals surface area (Å²) in [4.78, 5) is 11.7. The van der Waals surface area contributed by atoms with Gasteiger partial charge in [0, 0.05) is 0 Å². The lowest BCUT2D eigenvalue weighted by atomic mass is 10.0. The van der Waals surface area contributed by atoms with Crippen LogP contribution < -0.4 is 0 Å². The van der Waals surface area contributed by atoms with Gasteiger partial charge in [-0.15, -0.1) is 0 Å². The second-order valence-electron chi connectivity index (χ2n) is 6.21. The first-order chi connectivity index (χ1) is 12.2. The van der Waals surface area contributed by atoms with Crippen LogP contribution in [0.4, 0.5) is 13.2 Å². The first-order valence-electron chi connectivity index (χ1n) is 9.31. The molecule has 0 aliphatic heterocycles. The number of hydrogen-bond acceptors (Lipinski definition) is 5. The molecule has 0 aromatic carbocycles. The number of alkyl halides is 3. The van der Waals surface area contributed by atoms with Crippen molar-refractivity contribution in [2.45, 2.75) is 96.1 Å². The molecule has 0 aliphatic carbocycles. The van der Waals surface area contributed by atoms with Crippen LogP contribution in [-0.4, -0.2) is 32.6 Å². The second-order valence-corrected chi connectivity index (χ2v) is 7.77. The Morgan fingerprint density at radius 2 is 1.35 bits per heavy atom. The van der Waals surface area contributed by atoms with Gasteiger partial charge in [0.05, 0.1) is 6.61 Å². The maximum Gasteiger partial charge on any atom is 0.523 e. The lowest BCUT2D eigenvalue weighted by Crippen LogP contribution is -2.35. The Hall–Kier alpha value is -0.830. The SMILES string of the molecule is CCCCCCCCCCCCC(OS(=O)(=O)C(F)(F)F)C(=O)OCC. The largest absolute Gasteiger partial charge is 0.523 e. The smallest absolute Gasteiger partial charge is 0.464 e. The van der Waals surface area contributed by atoms with E-state index in [-0.39, 0.29) is 13.0 Å². The number of unbranched alkanes of at least 4 members (excludes halogenated alkanes) is 9. The molecule has 9 heteroatoms. The van der Waals surface area contributed by atoms with Crippen LogP contribution in [-0.2, 0) is 23.8 Å². The molecule has 0 saturated heterocycles. The number of carbonyl (C=O) groups excluding carboxylic acids is 1. The van der Waals surface area contributed by atoms with Crippen LogP contribution in [0, 0.1) is 0 Å². The molecule has 0 aromatic rings. The van der Waals surface area contributed by atoms with E-state index in [0.29, 0.717) is 12.8 Å². The zero-order valence-electron chi connectivity index (χ0n) is 15.6. The second kappa shape index (κ2) is 13.4. The molecule has 26 heavy (non-hydrogen) atoms. The minimum atomic E-state index is -5.82. The molecule has 0 heterocycles. The van der Waals surface area contributed by atoms with E-state index < -0.39 is 27.7 Å². The molecular formula is C17H31F3O5S. The molecule has 0 aliphatic rings. The summed E-state index contributed by atoms with van der Waals surface area (Å²) in [6.07, 6.45) is 8.28. The number of rotatable bonds is 15. The lowest BCUT2D eigenvalue weighted by Gasteiger charge is -2.17. The topological polar surface area (TPSA) is 69.7 Å². The minimum absolute atomic E-state index is 0.0667. The van der Waals surface area contributed by atoms with Crippen molar-refractivity contribution in [1.82, 2.24) is 0 Å². The molecule has 156 valence electrons. The maximum absolute atomic E-state index is 12.4. The monoisotopic (exact) mass is 404 g/mol. The lowest BCUT2D eigenvalue weighted by molar-refractivity contribution is -0.152. The number of hydrogen-bond donors (Lipinski definition) is 0. The molecule has 0 amide bonds. The Kier molecular flexibility index (Phi) is 12.9. The fourth-order valence-electron chi connectivity index (χ4n) is 2.47. The standard InChI is InChI=1S/C17H31F3O5S/c1-3-5-6-7-8-9-10-11-12-13-14-15(16(21)24-4-2)25-26(22,23)17(18,19)20/h15H,3-14H2,1-2H3. The van der Waals surface area contributed by atoms with E-state index in [4.69, 9.17) is 0 Å². The van der Waals surface area contributed by atoms with Gasteiger partial charge in [-0.05, 0) is 13.3 Å². The van der Waals surface area contributed by atoms with Gasteiger partial charge >= 0.3 is 21.6 Å². The average molecular weight is 404 g/mol. The fraction of sp³-hybridized carbons (Fsp3) is 0.941. The van der Waals surface area contributed by atoms with Gasteiger partial charge in [0.1, 0.15) is 0 Å². The quantitative estimate of drug-likeness (QED) is 0.164. The van der Waals surface area contributed by atoms with Crippen LogP contribution in [0.25, 0.3) is 0 Å². The zero-order chi connectivity index (χ0) is 20.1. The van der Waals surface area contributed by atoms with Gasteiger partial charge in [-0.3, -0.25) is 0 Å². The van der Waals surface area contributed by atoms with E-state index in [1.807, 2.05) is 0 Å². The van der Waals surface area contributed by atoms with Crippen molar-refractivity contribution in [3.63, 3.8) is 0 Å². The summed E-state index contributed by atoms with van der Waals surface area (Å²) in [5.41, 5.74) is -5.56. The molecule has 0 aromatic heterocycles. The van der Waals surface area contributed by atoms with E-state index in [1.165, 1.54) is 39.0 Å². The van der Waals surface area contributed by atoms with Crippen molar-refractivity contribution in [2.24, 2.45) is 0 Å². The predicted octanol–water partition coefficient (Wildman–Crippen LogP) is 5.10. The molecule has 0 N–H and O–H groups in total. The summed E-state index contributed by atoms with van der Waals surface area (Å²) >= 11 is 0. The van der Waals surface area contributed by atoms with Crippen LogP contribution in [0.5, 0.6) is 0 Å². The van der Waals surface area contributed by atoms with Gasteiger partial charge in [0.25, 0.3) is 0 Å². The van der Waals surface area contributed by atoms with Crippen molar-refractivity contribution in [3.8, 4) is 0 Å². The van der Waals surface area contributed by atoms with Crippen LogP contribution in [0.3, 0.4) is 0 Å². The molecule has 1 atom stereocenters. The highest BCUT2D eigenvalue weighted by Crippen LogP contribution is 2.27. The highest BCUT2D eigenvalue weighted by atomic mass is 32.2. The first kappa shape index (κ1) is 25.2. The van der Waals surface area contributed by atoms with Crippen molar-refractivity contribution < 1.29 is 35.3 Å². The minimum Gasteiger partial charge on any atom is -0.464 e. The normalized spacial score (nSPS) is 13.6. The van der Waals surface area contributed by atoms with Gasteiger partial charge in [-0.25, -0.2) is 8.98 Å². The van der Waals surface area contributed by atoms with Crippen LogP contribution in [0.15, 0.2) is 0 Å². The van der Waals surface area contributed by atoms with Crippen molar-refractivity contribution in [2.75, 3.05) is 6.61 Å². The zero-order valence-corrected chi connectivity index (χ0v) is 16.5. The van der Waals surface area contributed by atoms with Gasteiger partial charge < -0.3 is 4.74 Å². The van der Waals surface area contributed by atoms with E-state index >= 15 is 0 Å². The summed E-state index contributed by atoms with van der Waals surface area (Å²) in [6.45, 7) is 3.57. The van der Waals surface area contributed by atoms with Crippen LogP contribution >= 0.6 is 0 Å². The van der Waals surface area contributed by atoms with Crippen LogP contribution in [0.2, 0.25) is 0 Å². The molecule has 0 rings (SSSR count). The van der Waals surface area contributed by atoms with E-state index in [9.17, 15) is 26.4 Å². The number of carbonyl (C=O) groups is 1. The summed E-state index contributed by atoms with van der Waals surface area (Å²) < 4.78 is 68.1. The Morgan fingerprint density at radius 3 is 1.77 bits per heavy atom. The molecule has 0 spiro atoms. The fourth-order valence-corrected chi connectivity index (χ4v) is 3.05. The van der Waals surface area contributed by atoms with Crippen LogP contribution in [0.1, 0.15) is 84.5 Å². The molecule has 0 fully saturated rings. The highest BCUT2D eigenvalue weighted by molar-refractivity contribution is 7.87. The predicted molar refractivity (Wildman–Crippen MR) is 92.9 cm³/mol. The van der Waals surface area contributed by atoms with Gasteiger partial charge in [0.15, 0.2) is 6.10 Å². The van der Waals surface area contributed by atoms with Crippen molar-refractivity contribution >= 4 is 16.1 Å². The first-order valence-corrected chi connectivity index (χ1v) is 10.7. The molecular weight excluding hydrogens is 373 g/mol. The molecule has 0 saturated carbocycles. The average Bonchev–Trinajstić information content (AvgIpc) is 2.54. The molecule has 1 unspecified atom stereocenters. The Labute approximate surface area is 154 Å².